The van der Waals surface area contributed by atoms with Crippen LogP contribution in [0.2, 0.25) is 0 Å². The van der Waals surface area contributed by atoms with Crippen LogP contribution in [0.1, 0.15) is 62.4 Å². The van der Waals surface area contributed by atoms with E-state index in [2.05, 4.69) is 15.2 Å². The molecule has 3 heterocycles. The van der Waals surface area contributed by atoms with Gasteiger partial charge in [-0.25, -0.2) is 4.98 Å². The van der Waals surface area contributed by atoms with E-state index in [1.165, 1.54) is 0 Å². The summed E-state index contributed by atoms with van der Waals surface area (Å²) in [7, 11) is 0. The molecule has 0 spiro atoms. The summed E-state index contributed by atoms with van der Waals surface area (Å²) in [4.78, 5) is 29.4. The number of amides is 2. The van der Waals surface area contributed by atoms with Gasteiger partial charge in [0.2, 0.25) is 5.91 Å². The minimum atomic E-state index is -0.745. The molecule has 0 saturated heterocycles. The molecular formula is C23H22N6O3. The molecule has 32 heavy (non-hydrogen) atoms. The molecule has 4 N–H and O–H groups in total. The third kappa shape index (κ3) is 3.22. The zero-order chi connectivity index (χ0) is 22.6. The van der Waals surface area contributed by atoms with E-state index in [9.17, 15) is 9.59 Å². The fraction of sp³-hybridized carbons (Fsp3) is 0.261. The maximum atomic E-state index is 12.6. The molecule has 1 aliphatic rings. The molecule has 5 rings (SSSR count). The predicted octanol–water partition coefficient (Wildman–Crippen LogP) is 2.83. The van der Waals surface area contributed by atoms with Gasteiger partial charge in [0.15, 0.2) is 0 Å². The molecule has 1 aromatic carbocycles. The lowest BCUT2D eigenvalue weighted by atomic mass is 9.92. The van der Waals surface area contributed by atoms with Crippen molar-refractivity contribution in [3.63, 3.8) is 0 Å². The first-order valence-corrected chi connectivity index (χ1v) is 10.4. The Hall–Kier alpha value is -4.01. The Morgan fingerprint density at radius 1 is 1.12 bits per heavy atom. The number of carbonyl (C=O) groups excluding carboxylic acids is 2. The molecule has 1 saturated carbocycles. The fourth-order valence-corrected chi connectivity index (χ4v) is 4.22. The van der Waals surface area contributed by atoms with Crippen LogP contribution in [0.4, 0.5) is 0 Å². The van der Waals surface area contributed by atoms with Gasteiger partial charge >= 0.3 is 0 Å². The first kappa shape index (κ1) is 19.9. The number of primary amides is 2. The zero-order valence-electron chi connectivity index (χ0n) is 17.8. The minimum absolute atomic E-state index is 0.0132. The Bertz CT molecular complexity index is 1400. The Labute approximate surface area is 183 Å². The third-order valence-electron chi connectivity index (χ3n) is 5.87. The fourth-order valence-electron chi connectivity index (χ4n) is 4.22. The molecule has 1 fully saturated rings. The molecule has 9 nitrogen and oxygen atoms in total. The average molecular weight is 430 g/mol. The third-order valence-corrected chi connectivity index (χ3v) is 5.87. The number of aromatic nitrogens is 4. The first-order valence-electron chi connectivity index (χ1n) is 10.4. The van der Waals surface area contributed by atoms with Crippen molar-refractivity contribution in [3.8, 4) is 11.1 Å². The van der Waals surface area contributed by atoms with Crippen molar-refractivity contribution < 1.29 is 14.1 Å². The lowest BCUT2D eigenvalue weighted by Gasteiger charge is -2.14. The quantitative estimate of drug-likeness (QED) is 0.481. The maximum Gasteiger partial charge on any atom is 0.267 e. The van der Waals surface area contributed by atoms with Crippen LogP contribution in [-0.2, 0) is 6.54 Å². The van der Waals surface area contributed by atoms with Crippen molar-refractivity contribution in [3.05, 3.63) is 64.4 Å². The predicted molar refractivity (Wildman–Crippen MR) is 117 cm³/mol. The number of aryl methyl sites for hydroxylation is 1. The van der Waals surface area contributed by atoms with Crippen molar-refractivity contribution >= 4 is 22.7 Å². The van der Waals surface area contributed by atoms with Gasteiger partial charge < -0.3 is 16.0 Å². The summed E-state index contributed by atoms with van der Waals surface area (Å²) in [6.07, 6.45) is 2.25. The van der Waals surface area contributed by atoms with Gasteiger partial charge in [0.1, 0.15) is 17.1 Å². The number of pyridine rings is 1. The van der Waals surface area contributed by atoms with Crippen LogP contribution in [0.5, 0.6) is 0 Å². The molecule has 2 amide bonds. The highest BCUT2D eigenvalue weighted by Crippen LogP contribution is 2.40. The second kappa shape index (κ2) is 7.30. The van der Waals surface area contributed by atoms with Crippen molar-refractivity contribution in [2.45, 2.75) is 39.2 Å². The molecule has 162 valence electrons. The number of hydrogen-bond acceptors (Lipinski definition) is 6. The Morgan fingerprint density at radius 3 is 2.56 bits per heavy atom. The van der Waals surface area contributed by atoms with Crippen molar-refractivity contribution in [2.24, 2.45) is 11.5 Å². The smallest absolute Gasteiger partial charge is 0.267 e. The number of rotatable bonds is 6. The van der Waals surface area contributed by atoms with Crippen LogP contribution in [0.15, 0.2) is 34.9 Å². The SMILES string of the molecule is Cc1nn(Cc2cc(C3CC3)on2)c(C)c1-c1c(C(N)=O)nc2ccccc2c1C(N)=O. The summed E-state index contributed by atoms with van der Waals surface area (Å²) in [5, 5.41) is 9.35. The van der Waals surface area contributed by atoms with Gasteiger partial charge in [0.25, 0.3) is 5.91 Å². The Kier molecular flexibility index (Phi) is 4.54. The lowest BCUT2D eigenvalue weighted by Crippen LogP contribution is -2.21. The molecule has 0 unspecified atom stereocenters. The van der Waals surface area contributed by atoms with Gasteiger partial charge in [0, 0.05) is 34.2 Å². The molecule has 4 aromatic rings. The second-order valence-corrected chi connectivity index (χ2v) is 8.15. The summed E-state index contributed by atoms with van der Waals surface area (Å²) in [5.41, 5.74) is 15.1. The monoisotopic (exact) mass is 430 g/mol. The highest BCUT2D eigenvalue weighted by Gasteiger charge is 2.29. The van der Waals surface area contributed by atoms with Crippen LogP contribution in [0, 0.1) is 13.8 Å². The normalized spacial score (nSPS) is 13.6. The number of hydrogen-bond donors (Lipinski definition) is 2. The molecule has 1 aliphatic carbocycles. The van der Waals surface area contributed by atoms with E-state index in [1.54, 1.807) is 28.9 Å². The first-order chi connectivity index (χ1) is 15.3. The van der Waals surface area contributed by atoms with E-state index >= 15 is 0 Å². The minimum Gasteiger partial charge on any atom is -0.366 e. The highest BCUT2D eigenvalue weighted by atomic mass is 16.5. The summed E-state index contributed by atoms with van der Waals surface area (Å²) in [5.74, 6) is -0.0525. The van der Waals surface area contributed by atoms with E-state index in [0.29, 0.717) is 40.2 Å². The van der Waals surface area contributed by atoms with Gasteiger partial charge in [-0.2, -0.15) is 5.10 Å². The summed E-state index contributed by atoms with van der Waals surface area (Å²) in [6, 6.07) is 8.97. The molecule has 3 aromatic heterocycles. The summed E-state index contributed by atoms with van der Waals surface area (Å²) < 4.78 is 7.22. The Balaban J connectivity index is 1.69. The standard InChI is InChI=1S/C23H22N6O3/c1-11-18(12(2)29(27-11)10-14-9-17(32-28-14)13-7-8-13)20-19(22(24)30)15-5-3-4-6-16(15)26-21(20)23(25)31/h3-6,9,13H,7-8,10H2,1-2H3,(H2,24,30)(H2,25,31). The number of fused-ring (bicyclic) bond motifs is 1. The van der Waals surface area contributed by atoms with Crippen molar-refractivity contribution in [1.82, 2.24) is 19.9 Å². The maximum absolute atomic E-state index is 12.6. The van der Waals surface area contributed by atoms with Gasteiger partial charge in [0.05, 0.1) is 23.3 Å². The van der Waals surface area contributed by atoms with Gasteiger partial charge in [-0.3, -0.25) is 14.3 Å². The van der Waals surface area contributed by atoms with Gasteiger partial charge in [-0.1, -0.05) is 23.4 Å². The summed E-state index contributed by atoms with van der Waals surface area (Å²) in [6.45, 7) is 4.06. The highest BCUT2D eigenvalue weighted by molar-refractivity contribution is 6.15. The number of nitrogens with zero attached hydrogens (tertiary/aromatic N) is 4. The van der Waals surface area contributed by atoms with E-state index in [4.69, 9.17) is 16.0 Å². The number of para-hydroxylation sites is 1. The molecule has 0 radical (unpaired) electrons. The van der Waals surface area contributed by atoms with Crippen LogP contribution < -0.4 is 11.5 Å². The van der Waals surface area contributed by atoms with Crippen molar-refractivity contribution in [1.29, 1.82) is 0 Å². The van der Waals surface area contributed by atoms with Crippen molar-refractivity contribution in [2.75, 3.05) is 0 Å². The molecule has 0 bridgehead atoms. The van der Waals surface area contributed by atoms with Crippen LogP contribution in [0.25, 0.3) is 22.0 Å². The van der Waals surface area contributed by atoms with Gasteiger partial charge in [-0.15, -0.1) is 0 Å². The molecule has 0 atom stereocenters. The van der Waals surface area contributed by atoms with Crippen LogP contribution in [0.3, 0.4) is 0 Å². The number of nitrogens with two attached hydrogens (primary N) is 2. The Morgan fingerprint density at radius 2 is 1.88 bits per heavy atom. The second-order valence-electron chi connectivity index (χ2n) is 8.15. The van der Waals surface area contributed by atoms with Crippen LogP contribution >= 0.6 is 0 Å². The molecule has 0 aliphatic heterocycles. The average Bonchev–Trinajstić information content (AvgIpc) is 3.44. The van der Waals surface area contributed by atoms with E-state index in [0.717, 1.165) is 30.0 Å². The largest absolute Gasteiger partial charge is 0.366 e. The van der Waals surface area contributed by atoms with E-state index < -0.39 is 11.8 Å². The molecular weight excluding hydrogens is 408 g/mol. The topological polar surface area (TPSA) is 143 Å². The van der Waals surface area contributed by atoms with E-state index in [-0.39, 0.29) is 11.3 Å². The zero-order valence-corrected chi connectivity index (χ0v) is 17.8. The summed E-state index contributed by atoms with van der Waals surface area (Å²) >= 11 is 0. The van der Waals surface area contributed by atoms with Gasteiger partial charge in [-0.05, 0) is 32.8 Å². The van der Waals surface area contributed by atoms with Crippen LogP contribution in [-0.4, -0.2) is 31.7 Å². The number of benzene rings is 1. The lowest BCUT2D eigenvalue weighted by molar-refractivity contribution is 0.0996. The molecule has 9 heteroatoms. The number of carbonyl (C=O) groups is 2. The van der Waals surface area contributed by atoms with E-state index in [1.807, 2.05) is 19.9 Å².